The average Bonchev–Trinajstić information content (AvgIpc) is 3.17. The summed E-state index contributed by atoms with van der Waals surface area (Å²) in [6, 6.07) is 8.06. The summed E-state index contributed by atoms with van der Waals surface area (Å²) in [6.45, 7) is 5.20. The van der Waals surface area contributed by atoms with Crippen LogP contribution in [0.2, 0.25) is 0 Å². The molecule has 1 unspecified atom stereocenters. The Morgan fingerprint density at radius 2 is 2.19 bits per heavy atom. The van der Waals surface area contributed by atoms with E-state index >= 15 is 0 Å². The number of rotatable bonds is 6. The standard InChI is InChI=1S/C20H25N7/c1-15-4-2-7-21-20(15)25-19-11-18(22-14-23-19)10-16-5-3-9-27(12-16)13-17-6-8-24-26-17/h2,4,6-8,11,14,16H,3,5,9-10,12-13H2,1H3,(H,24,26)(H,21,22,23,25). The van der Waals surface area contributed by atoms with E-state index in [1.807, 2.05) is 37.4 Å². The Balaban J connectivity index is 1.38. The van der Waals surface area contributed by atoms with E-state index in [0.29, 0.717) is 5.92 Å². The number of H-pyrrole nitrogens is 1. The maximum Gasteiger partial charge on any atom is 0.135 e. The van der Waals surface area contributed by atoms with Crippen molar-refractivity contribution in [2.24, 2.45) is 5.92 Å². The second-order valence-electron chi connectivity index (χ2n) is 7.22. The predicted octanol–water partition coefficient (Wildman–Crippen LogP) is 3.10. The highest BCUT2D eigenvalue weighted by molar-refractivity contribution is 5.55. The second-order valence-corrected chi connectivity index (χ2v) is 7.22. The van der Waals surface area contributed by atoms with E-state index in [9.17, 15) is 0 Å². The summed E-state index contributed by atoms with van der Waals surface area (Å²) >= 11 is 0. The first-order valence-corrected chi connectivity index (χ1v) is 9.46. The van der Waals surface area contributed by atoms with Crippen molar-refractivity contribution in [3.8, 4) is 0 Å². The smallest absolute Gasteiger partial charge is 0.135 e. The summed E-state index contributed by atoms with van der Waals surface area (Å²) < 4.78 is 0. The Labute approximate surface area is 159 Å². The van der Waals surface area contributed by atoms with E-state index in [2.05, 4.69) is 35.4 Å². The average molecular weight is 363 g/mol. The molecule has 7 nitrogen and oxygen atoms in total. The number of nitrogens with one attached hydrogen (secondary N) is 2. The van der Waals surface area contributed by atoms with Crippen LogP contribution in [0.15, 0.2) is 43.0 Å². The number of anilines is 2. The number of aromatic amines is 1. The van der Waals surface area contributed by atoms with Crippen molar-refractivity contribution >= 4 is 11.6 Å². The van der Waals surface area contributed by atoms with Crippen molar-refractivity contribution < 1.29 is 0 Å². The zero-order chi connectivity index (χ0) is 18.5. The van der Waals surface area contributed by atoms with Gasteiger partial charge in [0.25, 0.3) is 0 Å². The number of likely N-dealkylation sites (tertiary alicyclic amines) is 1. The third kappa shape index (κ3) is 4.68. The number of piperidine rings is 1. The number of nitrogens with zero attached hydrogens (tertiary/aromatic N) is 5. The summed E-state index contributed by atoms with van der Waals surface area (Å²) in [6.07, 6.45) is 8.68. The molecular weight excluding hydrogens is 338 g/mol. The molecule has 0 aliphatic carbocycles. The van der Waals surface area contributed by atoms with Crippen molar-refractivity contribution in [2.45, 2.75) is 32.7 Å². The zero-order valence-electron chi connectivity index (χ0n) is 15.6. The van der Waals surface area contributed by atoms with Gasteiger partial charge >= 0.3 is 0 Å². The van der Waals surface area contributed by atoms with Gasteiger partial charge in [-0.2, -0.15) is 5.10 Å². The van der Waals surface area contributed by atoms with Gasteiger partial charge in [0.15, 0.2) is 0 Å². The molecule has 1 aliphatic rings. The number of aromatic nitrogens is 5. The first-order valence-electron chi connectivity index (χ1n) is 9.46. The van der Waals surface area contributed by atoms with Crippen molar-refractivity contribution in [1.29, 1.82) is 0 Å². The fraction of sp³-hybridized carbons (Fsp3) is 0.400. The molecule has 0 spiro atoms. The van der Waals surface area contributed by atoms with Crippen LogP contribution in [-0.4, -0.2) is 43.1 Å². The minimum Gasteiger partial charge on any atom is -0.325 e. The molecule has 7 heteroatoms. The van der Waals surface area contributed by atoms with E-state index in [0.717, 1.165) is 48.9 Å². The van der Waals surface area contributed by atoms with Crippen LogP contribution in [0, 0.1) is 12.8 Å². The van der Waals surface area contributed by atoms with Crippen LogP contribution in [-0.2, 0) is 13.0 Å². The molecule has 4 rings (SSSR count). The minimum absolute atomic E-state index is 0.612. The van der Waals surface area contributed by atoms with Crippen LogP contribution < -0.4 is 5.32 Å². The number of hydrogen-bond donors (Lipinski definition) is 2. The van der Waals surface area contributed by atoms with E-state index in [1.165, 1.54) is 18.5 Å². The summed E-state index contributed by atoms with van der Waals surface area (Å²) in [5.74, 6) is 2.25. The van der Waals surface area contributed by atoms with Crippen LogP contribution >= 0.6 is 0 Å². The molecule has 0 radical (unpaired) electrons. The number of pyridine rings is 1. The molecule has 0 bridgehead atoms. The summed E-state index contributed by atoms with van der Waals surface area (Å²) in [7, 11) is 0. The molecule has 4 heterocycles. The molecule has 140 valence electrons. The lowest BCUT2D eigenvalue weighted by Crippen LogP contribution is -2.35. The van der Waals surface area contributed by atoms with Gasteiger partial charge < -0.3 is 5.32 Å². The first-order chi connectivity index (χ1) is 13.3. The molecular formula is C20H25N7. The van der Waals surface area contributed by atoms with E-state index in [4.69, 9.17) is 0 Å². The fourth-order valence-corrected chi connectivity index (χ4v) is 3.69. The molecule has 2 N–H and O–H groups in total. The van der Waals surface area contributed by atoms with Gasteiger partial charge in [-0.05, 0) is 56.3 Å². The topological polar surface area (TPSA) is 82.6 Å². The molecule has 1 atom stereocenters. The van der Waals surface area contributed by atoms with Gasteiger partial charge in [0, 0.05) is 42.9 Å². The highest BCUT2D eigenvalue weighted by atomic mass is 15.2. The van der Waals surface area contributed by atoms with Crippen molar-refractivity contribution in [2.75, 3.05) is 18.4 Å². The van der Waals surface area contributed by atoms with Gasteiger partial charge in [-0.1, -0.05) is 6.07 Å². The Hall–Kier alpha value is -2.80. The second kappa shape index (κ2) is 8.26. The Morgan fingerprint density at radius 3 is 3.04 bits per heavy atom. The maximum atomic E-state index is 4.49. The third-order valence-corrected chi connectivity index (χ3v) is 5.03. The molecule has 0 saturated carbocycles. The summed E-state index contributed by atoms with van der Waals surface area (Å²) in [5, 5.41) is 10.4. The number of aryl methyl sites for hydroxylation is 1. The molecule has 3 aromatic heterocycles. The van der Waals surface area contributed by atoms with Crippen LogP contribution in [0.1, 0.15) is 29.8 Å². The number of hydrogen-bond acceptors (Lipinski definition) is 6. The highest BCUT2D eigenvalue weighted by Gasteiger charge is 2.21. The predicted molar refractivity (Wildman–Crippen MR) is 105 cm³/mol. The highest BCUT2D eigenvalue weighted by Crippen LogP contribution is 2.23. The lowest BCUT2D eigenvalue weighted by Gasteiger charge is -2.32. The van der Waals surface area contributed by atoms with Crippen LogP contribution in [0.4, 0.5) is 11.6 Å². The Morgan fingerprint density at radius 1 is 1.22 bits per heavy atom. The van der Waals surface area contributed by atoms with E-state index in [-0.39, 0.29) is 0 Å². The van der Waals surface area contributed by atoms with Crippen LogP contribution in [0.5, 0.6) is 0 Å². The Kier molecular flexibility index (Phi) is 5.39. The van der Waals surface area contributed by atoms with E-state index in [1.54, 1.807) is 12.5 Å². The van der Waals surface area contributed by atoms with Crippen LogP contribution in [0.25, 0.3) is 0 Å². The molecule has 3 aromatic rings. The molecule has 1 saturated heterocycles. The molecule has 0 amide bonds. The maximum absolute atomic E-state index is 4.49. The van der Waals surface area contributed by atoms with Gasteiger partial charge in [-0.15, -0.1) is 0 Å². The van der Waals surface area contributed by atoms with Crippen molar-refractivity contribution in [1.82, 2.24) is 30.0 Å². The van der Waals surface area contributed by atoms with Crippen molar-refractivity contribution in [3.63, 3.8) is 0 Å². The summed E-state index contributed by atoms with van der Waals surface area (Å²) in [4.78, 5) is 15.7. The fourth-order valence-electron chi connectivity index (χ4n) is 3.69. The quantitative estimate of drug-likeness (QED) is 0.700. The van der Waals surface area contributed by atoms with Gasteiger partial charge in [-0.3, -0.25) is 10.00 Å². The third-order valence-electron chi connectivity index (χ3n) is 5.03. The van der Waals surface area contributed by atoms with Gasteiger partial charge in [0.2, 0.25) is 0 Å². The lowest BCUT2D eigenvalue weighted by atomic mass is 9.93. The summed E-state index contributed by atoms with van der Waals surface area (Å²) in [5.41, 5.74) is 3.35. The normalized spacial score (nSPS) is 17.7. The van der Waals surface area contributed by atoms with Crippen LogP contribution in [0.3, 0.4) is 0 Å². The lowest BCUT2D eigenvalue weighted by molar-refractivity contribution is 0.164. The van der Waals surface area contributed by atoms with E-state index < -0.39 is 0 Å². The molecule has 1 aliphatic heterocycles. The minimum atomic E-state index is 0.612. The van der Waals surface area contributed by atoms with Gasteiger partial charge in [0.1, 0.15) is 18.0 Å². The Bertz CT molecular complexity index is 862. The monoisotopic (exact) mass is 363 g/mol. The molecule has 27 heavy (non-hydrogen) atoms. The van der Waals surface area contributed by atoms with Gasteiger partial charge in [0.05, 0.1) is 0 Å². The van der Waals surface area contributed by atoms with Crippen molar-refractivity contribution in [3.05, 3.63) is 59.9 Å². The SMILES string of the molecule is Cc1cccnc1Nc1cc(CC2CCCN(Cc3ccn[nH]3)C2)ncn1. The first kappa shape index (κ1) is 17.6. The van der Waals surface area contributed by atoms with Gasteiger partial charge in [-0.25, -0.2) is 15.0 Å². The molecule has 1 fully saturated rings. The zero-order valence-corrected chi connectivity index (χ0v) is 15.6. The largest absolute Gasteiger partial charge is 0.325 e. The molecule has 0 aromatic carbocycles.